The number of rotatable bonds is 3. The lowest BCUT2D eigenvalue weighted by atomic mass is 10.1. The lowest BCUT2D eigenvalue weighted by Gasteiger charge is -2.29. The summed E-state index contributed by atoms with van der Waals surface area (Å²) in [5, 5.41) is -0.229. The molecule has 1 aromatic rings. The maximum Gasteiger partial charge on any atom is 0.280 e. The van der Waals surface area contributed by atoms with Gasteiger partial charge in [0.1, 0.15) is 6.04 Å². The van der Waals surface area contributed by atoms with Crippen LogP contribution in [0.15, 0.2) is 17.6 Å². The molecule has 0 N–H and O–H groups in total. The third kappa shape index (κ3) is 3.27. The molecule has 19 heavy (non-hydrogen) atoms. The van der Waals surface area contributed by atoms with Gasteiger partial charge < -0.3 is 9.47 Å². The minimum Gasteiger partial charge on any atom is -0.341 e. The molecule has 0 aromatic carbocycles. The predicted octanol–water partition coefficient (Wildman–Crippen LogP) is 1.38. The van der Waals surface area contributed by atoms with Crippen molar-refractivity contribution < 1.29 is 13.2 Å². The Morgan fingerprint density at radius 3 is 2.53 bits per heavy atom. The number of likely N-dealkylation sites (tertiary alicyclic amines) is 1. The van der Waals surface area contributed by atoms with Crippen molar-refractivity contribution in [2.75, 3.05) is 13.1 Å². The minimum absolute atomic E-state index is 0.0179. The number of piperidine rings is 1. The molecular formula is C11H16ClN3O3S. The van der Waals surface area contributed by atoms with E-state index in [1.807, 2.05) is 4.90 Å². The number of carbonyl (C=O) groups excluding carboxylic acids is 1. The first-order valence-corrected chi connectivity index (χ1v) is 8.47. The smallest absolute Gasteiger partial charge is 0.280 e. The van der Waals surface area contributed by atoms with Gasteiger partial charge in [0.25, 0.3) is 9.05 Å². The average molecular weight is 306 g/mol. The van der Waals surface area contributed by atoms with Gasteiger partial charge in [-0.2, -0.15) is 0 Å². The van der Waals surface area contributed by atoms with E-state index in [9.17, 15) is 13.2 Å². The zero-order valence-electron chi connectivity index (χ0n) is 10.6. The molecule has 1 aliphatic rings. The second-order valence-corrected chi connectivity index (χ2v) is 7.17. The van der Waals surface area contributed by atoms with Crippen molar-refractivity contribution in [1.29, 1.82) is 0 Å². The molecule has 0 saturated carbocycles. The van der Waals surface area contributed by atoms with Crippen LogP contribution in [0.25, 0.3) is 0 Å². The van der Waals surface area contributed by atoms with Crippen LogP contribution < -0.4 is 0 Å². The van der Waals surface area contributed by atoms with E-state index in [0.29, 0.717) is 0 Å². The highest BCUT2D eigenvalue weighted by Crippen LogP contribution is 2.18. The van der Waals surface area contributed by atoms with Crippen molar-refractivity contribution in [2.45, 2.75) is 37.3 Å². The van der Waals surface area contributed by atoms with Gasteiger partial charge in [-0.1, -0.05) is 0 Å². The number of hydrogen-bond donors (Lipinski definition) is 0. The van der Waals surface area contributed by atoms with Gasteiger partial charge in [0.05, 0.1) is 6.33 Å². The summed E-state index contributed by atoms with van der Waals surface area (Å²) in [5.74, 6) is -0.0179. The summed E-state index contributed by atoms with van der Waals surface area (Å²) in [6.45, 7) is 3.25. The molecule has 0 bridgehead atoms. The maximum absolute atomic E-state index is 12.3. The summed E-state index contributed by atoms with van der Waals surface area (Å²) < 4.78 is 23.7. The van der Waals surface area contributed by atoms with E-state index in [2.05, 4.69) is 4.98 Å². The van der Waals surface area contributed by atoms with E-state index >= 15 is 0 Å². The van der Waals surface area contributed by atoms with Crippen LogP contribution in [0.3, 0.4) is 0 Å². The van der Waals surface area contributed by atoms with Crippen LogP contribution in [-0.2, 0) is 13.8 Å². The molecule has 1 fully saturated rings. The number of carbonyl (C=O) groups is 1. The second kappa shape index (κ2) is 5.50. The fourth-order valence-electron chi connectivity index (χ4n) is 2.16. The molecule has 0 aliphatic carbocycles. The molecule has 2 rings (SSSR count). The van der Waals surface area contributed by atoms with Gasteiger partial charge in [-0.3, -0.25) is 4.79 Å². The second-order valence-electron chi connectivity index (χ2n) is 4.66. The quantitative estimate of drug-likeness (QED) is 0.791. The fourth-order valence-corrected chi connectivity index (χ4v) is 2.82. The van der Waals surface area contributed by atoms with Crippen LogP contribution in [0.4, 0.5) is 0 Å². The van der Waals surface area contributed by atoms with E-state index in [4.69, 9.17) is 10.7 Å². The van der Waals surface area contributed by atoms with Gasteiger partial charge in [-0.15, -0.1) is 0 Å². The number of nitrogens with zero attached hydrogens (tertiary/aromatic N) is 3. The van der Waals surface area contributed by atoms with Gasteiger partial charge >= 0.3 is 0 Å². The van der Waals surface area contributed by atoms with Crippen molar-refractivity contribution >= 4 is 25.6 Å². The molecule has 1 atom stereocenters. The fraction of sp³-hybridized carbons (Fsp3) is 0.636. The number of amides is 1. The number of imidazole rings is 1. The molecule has 0 radical (unpaired) electrons. The lowest BCUT2D eigenvalue weighted by molar-refractivity contribution is -0.135. The van der Waals surface area contributed by atoms with E-state index in [0.717, 1.165) is 32.4 Å². The van der Waals surface area contributed by atoms with Crippen LogP contribution in [0.1, 0.15) is 32.2 Å². The summed E-state index contributed by atoms with van der Waals surface area (Å²) in [6, 6.07) is -0.474. The van der Waals surface area contributed by atoms with E-state index < -0.39 is 15.1 Å². The summed E-state index contributed by atoms with van der Waals surface area (Å²) in [7, 11) is 1.36. The molecule has 0 spiro atoms. The highest BCUT2D eigenvalue weighted by molar-refractivity contribution is 8.13. The Morgan fingerprint density at radius 2 is 2.00 bits per heavy atom. The molecule has 1 amide bonds. The highest BCUT2D eigenvalue weighted by Gasteiger charge is 2.24. The molecule has 8 heteroatoms. The van der Waals surface area contributed by atoms with E-state index in [1.165, 1.54) is 17.1 Å². The molecule has 1 unspecified atom stereocenters. The van der Waals surface area contributed by atoms with Gasteiger partial charge in [0.15, 0.2) is 5.03 Å². The number of aromatic nitrogens is 2. The van der Waals surface area contributed by atoms with Crippen LogP contribution in [0, 0.1) is 0 Å². The average Bonchev–Trinajstić information content (AvgIpc) is 2.87. The Kier molecular flexibility index (Phi) is 4.15. The molecule has 1 aliphatic heterocycles. The standard InChI is InChI=1S/C11H16ClN3O3S/c1-9(11(16)14-5-3-2-4-6-14)15-7-10(13-8-15)19(12,17)18/h7-9H,2-6H2,1H3. The Hall–Kier alpha value is -1.08. The summed E-state index contributed by atoms with van der Waals surface area (Å²) in [4.78, 5) is 17.8. The Bertz CT molecular complexity index is 563. The van der Waals surface area contributed by atoms with Crippen molar-refractivity contribution in [3.8, 4) is 0 Å². The largest absolute Gasteiger partial charge is 0.341 e. The van der Waals surface area contributed by atoms with E-state index in [1.54, 1.807) is 6.92 Å². The zero-order chi connectivity index (χ0) is 14.0. The van der Waals surface area contributed by atoms with Gasteiger partial charge in [-0.05, 0) is 26.2 Å². The predicted molar refractivity (Wildman–Crippen MR) is 70.4 cm³/mol. The molecule has 106 valence electrons. The first-order chi connectivity index (χ1) is 8.89. The van der Waals surface area contributed by atoms with Crippen molar-refractivity contribution in [1.82, 2.24) is 14.5 Å². The van der Waals surface area contributed by atoms with E-state index in [-0.39, 0.29) is 10.9 Å². The lowest BCUT2D eigenvalue weighted by Crippen LogP contribution is -2.39. The minimum atomic E-state index is -3.85. The topological polar surface area (TPSA) is 72.3 Å². The monoisotopic (exact) mass is 305 g/mol. The van der Waals surface area contributed by atoms with Crippen molar-refractivity contribution in [3.63, 3.8) is 0 Å². The normalized spacial score (nSPS) is 18.3. The molecule has 6 nitrogen and oxygen atoms in total. The van der Waals surface area contributed by atoms with Crippen LogP contribution >= 0.6 is 10.7 Å². The number of hydrogen-bond acceptors (Lipinski definition) is 4. The van der Waals surface area contributed by atoms with Crippen LogP contribution in [0.5, 0.6) is 0 Å². The molecule has 1 saturated heterocycles. The van der Waals surface area contributed by atoms with Gasteiger partial charge in [-0.25, -0.2) is 13.4 Å². The van der Waals surface area contributed by atoms with Gasteiger partial charge in [0, 0.05) is 30.0 Å². The number of halogens is 1. The Labute approximate surface area is 116 Å². The first kappa shape index (κ1) is 14.3. The van der Waals surface area contributed by atoms with Crippen molar-refractivity contribution in [3.05, 3.63) is 12.5 Å². The SMILES string of the molecule is CC(C(=O)N1CCCCC1)n1cnc(S(=O)(=O)Cl)c1. The van der Waals surface area contributed by atoms with Crippen LogP contribution in [0.2, 0.25) is 0 Å². The third-order valence-corrected chi connectivity index (χ3v) is 4.48. The van der Waals surface area contributed by atoms with Crippen molar-refractivity contribution in [2.24, 2.45) is 0 Å². The summed E-state index contributed by atoms with van der Waals surface area (Å²) in [5.41, 5.74) is 0. The zero-order valence-corrected chi connectivity index (χ0v) is 12.2. The summed E-state index contributed by atoms with van der Waals surface area (Å²) >= 11 is 0. The molecule has 1 aromatic heterocycles. The Balaban J connectivity index is 2.12. The Morgan fingerprint density at radius 1 is 1.37 bits per heavy atom. The summed E-state index contributed by atoms with van der Waals surface area (Å²) in [6.07, 6.45) is 5.79. The highest BCUT2D eigenvalue weighted by atomic mass is 35.7. The van der Waals surface area contributed by atoms with Crippen LogP contribution in [-0.4, -0.2) is 41.9 Å². The van der Waals surface area contributed by atoms with Gasteiger partial charge in [0.2, 0.25) is 5.91 Å². The molecular weight excluding hydrogens is 290 g/mol. The third-order valence-electron chi connectivity index (χ3n) is 3.30. The molecule has 2 heterocycles. The maximum atomic E-state index is 12.3. The first-order valence-electron chi connectivity index (χ1n) is 6.16.